The lowest BCUT2D eigenvalue weighted by Crippen LogP contribution is -2.05. The maximum absolute atomic E-state index is 13.6. The minimum absolute atomic E-state index is 0.0768. The largest absolute Gasteiger partial charge is 0.394 e. The lowest BCUT2D eigenvalue weighted by molar-refractivity contribution is -0.384. The molecule has 0 aliphatic carbocycles. The summed E-state index contributed by atoms with van der Waals surface area (Å²) in [4.78, 5) is 9.96. The lowest BCUT2D eigenvalue weighted by Gasteiger charge is -2.07. The maximum Gasteiger partial charge on any atom is 0.298 e. The summed E-state index contributed by atoms with van der Waals surface area (Å²) in [5.41, 5.74) is -0.409. The molecule has 0 aliphatic heterocycles. The van der Waals surface area contributed by atoms with Gasteiger partial charge in [0.1, 0.15) is 11.5 Å². The highest BCUT2D eigenvalue weighted by Crippen LogP contribution is 2.29. The fourth-order valence-electron chi connectivity index (χ4n) is 1.79. The highest BCUT2D eigenvalue weighted by Gasteiger charge is 2.20. The maximum atomic E-state index is 13.6. The van der Waals surface area contributed by atoms with Gasteiger partial charge in [-0.25, -0.2) is 8.78 Å². The Hall–Kier alpha value is -2.55. The van der Waals surface area contributed by atoms with E-state index in [1.165, 1.54) is 10.9 Å². The van der Waals surface area contributed by atoms with Crippen LogP contribution in [0.1, 0.15) is 5.56 Å². The van der Waals surface area contributed by atoms with E-state index in [0.29, 0.717) is 24.2 Å². The predicted octanol–water partition coefficient (Wildman–Crippen LogP) is 1.67. The van der Waals surface area contributed by atoms with E-state index in [1.54, 1.807) is 6.20 Å². The van der Waals surface area contributed by atoms with Crippen LogP contribution in [0, 0.1) is 21.7 Å². The summed E-state index contributed by atoms with van der Waals surface area (Å²) in [6.07, 6.45) is 3.09. The summed E-state index contributed by atoms with van der Waals surface area (Å²) in [5, 5.41) is 26.1. The number of nitro benzene ring substituents is 1. The van der Waals surface area contributed by atoms with Gasteiger partial charge in [0.2, 0.25) is 0 Å². The molecule has 2 N–H and O–H groups in total. The summed E-state index contributed by atoms with van der Waals surface area (Å²) >= 11 is 0. The van der Waals surface area contributed by atoms with Gasteiger partial charge >= 0.3 is 0 Å². The van der Waals surface area contributed by atoms with Crippen LogP contribution in [0.3, 0.4) is 0 Å². The summed E-state index contributed by atoms with van der Waals surface area (Å²) in [6.45, 7) is 0.312. The molecule has 21 heavy (non-hydrogen) atoms. The van der Waals surface area contributed by atoms with E-state index in [-0.39, 0.29) is 18.8 Å². The van der Waals surface area contributed by atoms with Crippen molar-refractivity contribution in [3.63, 3.8) is 0 Å². The monoisotopic (exact) mass is 298 g/mol. The van der Waals surface area contributed by atoms with Gasteiger partial charge in [-0.3, -0.25) is 14.8 Å². The van der Waals surface area contributed by atoms with Crippen LogP contribution in [0.15, 0.2) is 24.5 Å². The van der Waals surface area contributed by atoms with Crippen molar-refractivity contribution in [3.8, 4) is 0 Å². The highest BCUT2D eigenvalue weighted by atomic mass is 19.1. The van der Waals surface area contributed by atoms with Crippen LogP contribution in [-0.4, -0.2) is 26.4 Å². The number of benzene rings is 1. The van der Waals surface area contributed by atoms with Gasteiger partial charge in [-0.15, -0.1) is 0 Å². The van der Waals surface area contributed by atoms with Crippen LogP contribution < -0.4 is 5.32 Å². The minimum atomic E-state index is -1.04. The van der Waals surface area contributed by atoms with E-state index >= 15 is 0 Å². The van der Waals surface area contributed by atoms with Crippen LogP contribution in [-0.2, 0) is 13.1 Å². The molecule has 0 saturated heterocycles. The van der Waals surface area contributed by atoms with Crippen molar-refractivity contribution in [2.45, 2.75) is 13.1 Å². The zero-order valence-corrected chi connectivity index (χ0v) is 10.8. The van der Waals surface area contributed by atoms with Crippen molar-refractivity contribution >= 4 is 11.4 Å². The molecule has 0 amide bonds. The molecule has 0 fully saturated rings. The molecule has 0 radical (unpaired) electrons. The van der Waals surface area contributed by atoms with E-state index in [1.807, 2.05) is 0 Å². The summed E-state index contributed by atoms with van der Waals surface area (Å²) in [5.74, 6) is -2.05. The first-order valence-electron chi connectivity index (χ1n) is 6.00. The van der Waals surface area contributed by atoms with Crippen LogP contribution in [0.5, 0.6) is 0 Å². The Balaban J connectivity index is 2.17. The molecule has 2 aromatic rings. The SMILES string of the molecule is O=[N+]([O-])c1cc(F)cc(F)c1NCc1cnn(CCO)c1. The third-order valence-corrected chi connectivity index (χ3v) is 2.72. The Labute approximate surface area is 118 Å². The Morgan fingerprint density at radius 1 is 1.43 bits per heavy atom. The Morgan fingerprint density at radius 2 is 2.19 bits per heavy atom. The van der Waals surface area contributed by atoms with E-state index in [9.17, 15) is 18.9 Å². The fourth-order valence-corrected chi connectivity index (χ4v) is 1.79. The molecule has 0 atom stereocenters. The number of aromatic nitrogens is 2. The fraction of sp³-hybridized carbons (Fsp3) is 0.250. The molecule has 1 aromatic carbocycles. The molecule has 7 nitrogen and oxygen atoms in total. The highest BCUT2D eigenvalue weighted by molar-refractivity contribution is 5.62. The van der Waals surface area contributed by atoms with E-state index in [4.69, 9.17) is 5.11 Å². The topological polar surface area (TPSA) is 93.2 Å². The lowest BCUT2D eigenvalue weighted by atomic mass is 10.2. The van der Waals surface area contributed by atoms with E-state index < -0.39 is 22.2 Å². The molecular formula is C12H12F2N4O3. The van der Waals surface area contributed by atoms with Crippen LogP contribution >= 0.6 is 0 Å². The molecule has 0 unspecified atom stereocenters. The van der Waals surface area contributed by atoms with Crippen molar-refractivity contribution in [1.82, 2.24) is 9.78 Å². The van der Waals surface area contributed by atoms with Crippen molar-refractivity contribution in [1.29, 1.82) is 0 Å². The quantitative estimate of drug-likeness (QED) is 0.625. The van der Waals surface area contributed by atoms with Gasteiger partial charge in [0.25, 0.3) is 5.69 Å². The number of aliphatic hydroxyl groups is 1. The second-order valence-electron chi connectivity index (χ2n) is 4.23. The standard InChI is InChI=1S/C12H12F2N4O3/c13-9-3-10(14)12(11(4-9)18(20)21)15-5-8-6-16-17(7-8)1-2-19/h3-4,6-7,15,19H,1-2,5H2. The minimum Gasteiger partial charge on any atom is -0.394 e. The zero-order valence-electron chi connectivity index (χ0n) is 10.8. The zero-order chi connectivity index (χ0) is 15.4. The molecule has 0 bridgehead atoms. The molecule has 0 spiro atoms. The molecule has 9 heteroatoms. The molecule has 1 aromatic heterocycles. The van der Waals surface area contributed by atoms with Crippen molar-refractivity contribution in [3.05, 3.63) is 51.8 Å². The average molecular weight is 298 g/mol. The summed E-state index contributed by atoms with van der Waals surface area (Å²) < 4.78 is 28.1. The van der Waals surface area contributed by atoms with Gasteiger partial charge in [0, 0.05) is 24.4 Å². The van der Waals surface area contributed by atoms with Gasteiger partial charge < -0.3 is 10.4 Å². The Bertz CT molecular complexity index is 660. The number of nitrogens with zero attached hydrogens (tertiary/aromatic N) is 3. The van der Waals surface area contributed by atoms with Crippen molar-refractivity contribution in [2.75, 3.05) is 11.9 Å². The predicted molar refractivity (Wildman–Crippen MR) is 69.7 cm³/mol. The number of nitrogens with one attached hydrogen (secondary N) is 1. The first-order chi connectivity index (χ1) is 10.0. The van der Waals surface area contributed by atoms with Crippen molar-refractivity contribution < 1.29 is 18.8 Å². The number of hydrogen-bond acceptors (Lipinski definition) is 5. The molecule has 0 aliphatic rings. The van der Waals surface area contributed by atoms with E-state index in [2.05, 4.69) is 10.4 Å². The number of anilines is 1. The second kappa shape index (κ2) is 6.27. The first-order valence-corrected chi connectivity index (χ1v) is 6.00. The van der Waals surface area contributed by atoms with Gasteiger partial charge in [0.15, 0.2) is 5.82 Å². The Kier molecular flexibility index (Phi) is 4.43. The number of aliphatic hydroxyl groups excluding tert-OH is 1. The number of rotatable bonds is 6. The Morgan fingerprint density at radius 3 is 2.86 bits per heavy atom. The molecule has 1 heterocycles. The average Bonchev–Trinajstić information content (AvgIpc) is 2.85. The molecule has 112 valence electrons. The van der Waals surface area contributed by atoms with Gasteiger partial charge in [-0.1, -0.05) is 0 Å². The van der Waals surface area contributed by atoms with Crippen LogP contribution in [0.4, 0.5) is 20.2 Å². The third kappa shape index (κ3) is 3.51. The van der Waals surface area contributed by atoms with E-state index in [0.717, 1.165) is 0 Å². The first kappa shape index (κ1) is 14.9. The summed E-state index contributed by atoms with van der Waals surface area (Å²) in [6, 6.07) is 1.23. The number of halogens is 2. The van der Waals surface area contributed by atoms with Crippen LogP contribution in [0.2, 0.25) is 0 Å². The van der Waals surface area contributed by atoms with Gasteiger partial charge in [-0.05, 0) is 0 Å². The number of nitro groups is 1. The number of hydrogen-bond donors (Lipinski definition) is 2. The molecular weight excluding hydrogens is 286 g/mol. The van der Waals surface area contributed by atoms with Gasteiger partial charge in [-0.2, -0.15) is 5.10 Å². The normalized spacial score (nSPS) is 10.6. The smallest absolute Gasteiger partial charge is 0.298 e. The molecule has 2 rings (SSSR count). The second-order valence-corrected chi connectivity index (χ2v) is 4.23. The van der Waals surface area contributed by atoms with Crippen molar-refractivity contribution in [2.24, 2.45) is 0 Å². The van der Waals surface area contributed by atoms with Crippen LogP contribution in [0.25, 0.3) is 0 Å². The third-order valence-electron chi connectivity index (χ3n) is 2.72. The summed E-state index contributed by atoms with van der Waals surface area (Å²) in [7, 11) is 0. The van der Waals surface area contributed by atoms with Gasteiger partial charge in [0.05, 0.1) is 30.3 Å². The molecule has 0 saturated carbocycles.